The minimum atomic E-state index is -0.329. The Hall–Kier alpha value is -3.29. The quantitative estimate of drug-likeness (QED) is 0.651. The lowest BCUT2D eigenvalue weighted by Crippen LogP contribution is -2.21. The molecule has 0 fully saturated rings. The lowest BCUT2D eigenvalue weighted by atomic mass is 10.1. The van der Waals surface area contributed by atoms with E-state index in [1.54, 1.807) is 24.5 Å². The van der Waals surface area contributed by atoms with E-state index in [0.29, 0.717) is 36.2 Å². The number of anilines is 1. The van der Waals surface area contributed by atoms with Crippen LogP contribution in [0.5, 0.6) is 6.01 Å². The van der Waals surface area contributed by atoms with Gasteiger partial charge in [-0.3, -0.25) is 14.2 Å². The molecule has 3 heterocycles. The Balaban J connectivity index is 1.89. The van der Waals surface area contributed by atoms with E-state index in [4.69, 9.17) is 0 Å². The van der Waals surface area contributed by atoms with Crippen LogP contribution in [0.15, 0.2) is 35.4 Å². The minimum absolute atomic E-state index is 0.0585. The van der Waals surface area contributed by atoms with E-state index in [-0.39, 0.29) is 23.1 Å². The van der Waals surface area contributed by atoms with Crippen molar-refractivity contribution in [2.24, 2.45) is 0 Å². The molecule has 146 valence electrons. The minimum Gasteiger partial charge on any atom is -0.480 e. The smallest absolute Gasteiger partial charge is 0.298 e. The van der Waals surface area contributed by atoms with Gasteiger partial charge in [0.05, 0.1) is 5.39 Å². The van der Waals surface area contributed by atoms with Crippen molar-refractivity contribution in [1.82, 2.24) is 19.5 Å². The Morgan fingerprint density at radius 2 is 1.93 bits per heavy atom. The van der Waals surface area contributed by atoms with Gasteiger partial charge in [-0.1, -0.05) is 20.3 Å². The van der Waals surface area contributed by atoms with E-state index in [0.717, 1.165) is 18.4 Å². The van der Waals surface area contributed by atoms with Crippen LogP contribution in [-0.4, -0.2) is 30.5 Å². The Morgan fingerprint density at radius 3 is 2.61 bits per heavy atom. The summed E-state index contributed by atoms with van der Waals surface area (Å²) in [6.07, 6.45) is 6.17. The van der Waals surface area contributed by atoms with Crippen molar-refractivity contribution >= 4 is 22.8 Å². The third kappa shape index (κ3) is 4.16. The number of hydrogen-bond acceptors (Lipinski definition) is 6. The first-order valence-corrected chi connectivity index (χ1v) is 9.39. The van der Waals surface area contributed by atoms with E-state index in [1.165, 1.54) is 4.57 Å². The number of rotatable bonds is 7. The lowest BCUT2D eigenvalue weighted by molar-refractivity contribution is -0.116. The van der Waals surface area contributed by atoms with Gasteiger partial charge in [-0.2, -0.15) is 4.98 Å². The van der Waals surface area contributed by atoms with Crippen molar-refractivity contribution < 1.29 is 9.90 Å². The highest BCUT2D eigenvalue weighted by Crippen LogP contribution is 2.22. The predicted molar refractivity (Wildman–Crippen MR) is 107 cm³/mol. The number of unbranched alkanes of at least 4 members (excludes halogenated alkanes) is 1. The highest BCUT2D eigenvalue weighted by molar-refractivity contribution is 5.90. The van der Waals surface area contributed by atoms with Gasteiger partial charge in [-0.15, -0.1) is 0 Å². The molecule has 0 saturated carbocycles. The maximum absolute atomic E-state index is 12.6. The Morgan fingerprint density at radius 1 is 1.14 bits per heavy atom. The van der Waals surface area contributed by atoms with Crippen LogP contribution in [0.1, 0.15) is 39.5 Å². The van der Waals surface area contributed by atoms with Crippen LogP contribution in [0, 0.1) is 0 Å². The normalized spacial score (nSPS) is 10.9. The van der Waals surface area contributed by atoms with Gasteiger partial charge in [-0.25, -0.2) is 9.97 Å². The standard InChI is InChI=1S/C20H23N5O3/c1-3-5-6-17(26)23-16-8-7-13(11-21-16)14-10-15-18(22-12-14)24-20(28)25(9-4-2)19(15)27/h7-8,10-12H,3-6,9H2,1-2H3,(H,21,23,26)(H,22,24,28). The number of nitrogens with zero attached hydrogens (tertiary/aromatic N) is 4. The average Bonchev–Trinajstić information content (AvgIpc) is 2.70. The summed E-state index contributed by atoms with van der Waals surface area (Å²) < 4.78 is 1.24. The first-order chi connectivity index (χ1) is 13.5. The molecule has 0 aromatic carbocycles. The fourth-order valence-electron chi connectivity index (χ4n) is 2.86. The zero-order valence-corrected chi connectivity index (χ0v) is 16.0. The number of aromatic hydroxyl groups is 1. The molecule has 8 heteroatoms. The molecule has 0 bridgehead atoms. The summed E-state index contributed by atoms with van der Waals surface area (Å²) in [5.74, 6) is 0.423. The predicted octanol–water partition coefficient (Wildman–Crippen LogP) is 3.10. The molecule has 0 spiro atoms. The first-order valence-electron chi connectivity index (χ1n) is 9.39. The summed E-state index contributed by atoms with van der Waals surface area (Å²) >= 11 is 0. The van der Waals surface area contributed by atoms with E-state index < -0.39 is 0 Å². The number of hydrogen-bond donors (Lipinski definition) is 2. The van der Waals surface area contributed by atoms with Crippen LogP contribution >= 0.6 is 0 Å². The molecule has 0 aliphatic carbocycles. The average molecular weight is 381 g/mol. The molecule has 3 rings (SSSR count). The lowest BCUT2D eigenvalue weighted by Gasteiger charge is -2.09. The van der Waals surface area contributed by atoms with Gasteiger partial charge < -0.3 is 10.4 Å². The number of amides is 1. The van der Waals surface area contributed by atoms with Gasteiger partial charge >= 0.3 is 0 Å². The van der Waals surface area contributed by atoms with Gasteiger partial charge in [0.2, 0.25) is 5.91 Å². The zero-order valence-electron chi connectivity index (χ0n) is 16.0. The largest absolute Gasteiger partial charge is 0.480 e. The SMILES string of the molecule is CCCCC(=O)Nc1ccc(-c2cnc3nc(O)n(CCC)c(=O)c3c2)cn1. The summed E-state index contributed by atoms with van der Waals surface area (Å²) in [5.41, 5.74) is 1.34. The van der Waals surface area contributed by atoms with E-state index in [9.17, 15) is 14.7 Å². The zero-order chi connectivity index (χ0) is 20.1. The Labute approximate surface area is 162 Å². The molecule has 0 aliphatic heterocycles. The van der Waals surface area contributed by atoms with Crippen molar-refractivity contribution in [3.8, 4) is 17.1 Å². The van der Waals surface area contributed by atoms with Crippen LogP contribution in [0.2, 0.25) is 0 Å². The second-order valence-electron chi connectivity index (χ2n) is 6.55. The molecule has 0 aliphatic rings. The van der Waals surface area contributed by atoms with Crippen molar-refractivity contribution in [3.05, 3.63) is 40.9 Å². The van der Waals surface area contributed by atoms with E-state index >= 15 is 0 Å². The molecule has 0 unspecified atom stereocenters. The van der Waals surface area contributed by atoms with Crippen molar-refractivity contribution in [3.63, 3.8) is 0 Å². The highest BCUT2D eigenvalue weighted by Gasteiger charge is 2.12. The second-order valence-corrected chi connectivity index (χ2v) is 6.55. The monoisotopic (exact) mass is 381 g/mol. The first kappa shape index (κ1) is 19.5. The molecule has 0 atom stereocenters. The van der Waals surface area contributed by atoms with E-state index in [1.807, 2.05) is 19.9 Å². The van der Waals surface area contributed by atoms with Crippen LogP contribution in [-0.2, 0) is 11.3 Å². The molecule has 0 saturated heterocycles. The molecule has 3 aromatic heterocycles. The van der Waals surface area contributed by atoms with Gasteiger partial charge in [0, 0.05) is 36.5 Å². The molecule has 3 aromatic rings. The summed E-state index contributed by atoms with van der Waals surface area (Å²) in [4.78, 5) is 36.9. The molecule has 8 nitrogen and oxygen atoms in total. The number of fused-ring (bicyclic) bond motifs is 1. The molecule has 2 N–H and O–H groups in total. The Kier molecular flexibility index (Phi) is 5.98. The summed E-state index contributed by atoms with van der Waals surface area (Å²) in [6, 6.07) is 4.89. The van der Waals surface area contributed by atoms with Crippen LogP contribution in [0.3, 0.4) is 0 Å². The van der Waals surface area contributed by atoms with Gasteiger partial charge in [0.15, 0.2) is 5.65 Å². The fraction of sp³-hybridized carbons (Fsp3) is 0.350. The second kappa shape index (κ2) is 8.60. The molecule has 1 amide bonds. The Bertz CT molecular complexity index is 1040. The topological polar surface area (TPSA) is 110 Å². The summed E-state index contributed by atoms with van der Waals surface area (Å²) in [6.45, 7) is 4.33. The van der Waals surface area contributed by atoms with Gasteiger partial charge in [-0.05, 0) is 31.0 Å². The molecule has 0 radical (unpaired) electrons. The van der Waals surface area contributed by atoms with Gasteiger partial charge in [0.1, 0.15) is 5.82 Å². The van der Waals surface area contributed by atoms with Crippen molar-refractivity contribution in [2.75, 3.05) is 5.32 Å². The van der Waals surface area contributed by atoms with Crippen molar-refractivity contribution in [2.45, 2.75) is 46.1 Å². The number of aromatic nitrogens is 4. The summed E-state index contributed by atoms with van der Waals surface area (Å²) in [7, 11) is 0. The van der Waals surface area contributed by atoms with Crippen LogP contribution in [0.25, 0.3) is 22.2 Å². The number of carbonyl (C=O) groups is 1. The van der Waals surface area contributed by atoms with Crippen molar-refractivity contribution in [1.29, 1.82) is 0 Å². The fourth-order valence-corrected chi connectivity index (χ4v) is 2.86. The molecular weight excluding hydrogens is 358 g/mol. The molecular formula is C20H23N5O3. The number of pyridine rings is 2. The third-order valence-corrected chi connectivity index (χ3v) is 4.36. The highest BCUT2D eigenvalue weighted by atomic mass is 16.3. The molecule has 28 heavy (non-hydrogen) atoms. The maximum Gasteiger partial charge on any atom is 0.298 e. The number of nitrogens with one attached hydrogen (secondary N) is 1. The van der Waals surface area contributed by atoms with Crippen LogP contribution < -0.4 is 10.9 Å². The van der Waals surface area contributed by atoms with E-state index in [2.05, 4.69) is 20.3 Å². The number of carbonyl (C=O) groups excluding carboxylic acids is 1. The van der Waals surface area contributed by atoms with Gasteiger partial charge in [0.25, 0.3) is 11.6 Å². The summed E-state index contributed by atoms with van der Waals surface area (Å²) in [5, 5.41) is 13.0. The van der Waals surface area contributed by atoms with Crippen LogP contribution in [0.4, 0.5) is 5.82 Å². The third-order valence-electron chi connectivity index (χ3n) is 4.36. The maximum atomic E-state index is 12.6.